The zero-order valence-corrected chi connectivity index (χ0v) is 13.9. The first kappa shape index (κ1) is 15.1. The van der Waals surface area contributed by atoms with Gasteiger partial charge in [0.1, 0.15) is 0 Å². The number of nitrogens with two attached hydrogens (primary N) is 1. The van der Waals surface area contributed by atoms with Crippen molar-refractivity contribution in [3.8, 4) is 0 Å². The van der Waals surface area contributed by atoms with Gasteiger partial charge in [0.15, 0.2) is 5.69 Å². The van der Waals surface area contributed by atoms with E-state index in [1.807, 2.05) is 19.9 Å². The molecule has 1 aromatic carbocycles. The smallest absolute Gasteiger partial charge is 0.278 e. The Bertz CT molecular complexity index is 654. The average molecular weight is 405 g/mol. The van der Waals surface area contributed by atoms with E-state index in [0.717, 1.165) is 9.26 Å². The van der Waals surface area contributed by atoms with Crippen LogP contribution in [0.4, 0.5) is 11.4 Å². The molecule has 0 aliphatic heterocycles. The molecule has 2 rings (SSSR count). The molecule has 0 saturated carbocycles. The Kier molecular flexibility index (Phi) is 4.54. The number of carbonyl (C=O) groups is 1. The van der Waals surface area contributed by atoms with Crippen LogP contribution in [0.5, 0.6) is 0 Å². The largest absolute Gasteiger partial charge is 0.395 e. The number of nitrogen functional groups attached to an aromatic ring is 1. The van der Waals surface area contributed by atoms with E-state index in [1.54, 1.807) is 12.1 Å². The first-order chi connectivity index (χ1) is 9.40. The number of nitrogens with zero attached hydrogens (tertiary/aromatic N) is 1. The Morgan fingerprint density at radius 2 is 2.20 bits per heavy atom. The Morgan fingerprint density at radius 1 is 1.50 bits per heavy atom. The fourth-order valence-corrected chi connectivity index (χ4v) is 2.65. The summed E-state index contributed by atoms with van der Waals surface area (Å²) in [4.78, 5) is 12.2. The quantitative estimate of drug-likeness (QED) is 0.683. The second-order valence-electron chi connectivity index (χ2n) is 4.63. The molecular formula is C13H14ClIN4O. The van der Waals surface area contributed by atoms with Crippen LogP contribution in [0.25, 0.3) is 0 Å². The summed E-state index contributed by atoms with van der Waals surface area (Å²) < 4.78 is 0.993. The number of anilines is 2. The molecule has 0 unspecified atom stereocenters. The summed E-state index contributed by atoms with van der Waals surface area (Å²) in [5, 5.41) is 9.95. The van der Waals surface area contributed by atoms with Gasteiger partial charge in [0.05, 0.1) is 22.1 Å². The van der Waals surface area contributed by atoms with Gasteiger partial charge in [-0.3, -0.25) is 9.89 Å². The van der Waals surface area contributed by atoms with Gasteiger partial charge in [0.25, 0.3) is 5.91 Å². The number of hydrogen-bond acceptors (Lipinski definition) is 3. The third-order valence-electron chi connectivity index (χ3n) is 2.81. The number of halogens is 2. The van der Waals surface area contributed by atoms with Gasteiger partial charge in [-0.2, -0.15) is 5.10 Å². The molecule has 0 bridgehead atoms. The highest BCUT2D eigenvalue weighted by Crippen LogP contribution is 2.26. The summed E-state index contributed by atoms with van der Waals surface area (Å²) in [6.07, 6.45) is 0. The third-order valence-corrected chi connectivity index (χ3v) is 3.79. The van der Waals surface area contributed by atoms with E-state index in [2.05, 4.69) is 38.1 Å². The van der Waals surface area contributed by atoms with E-state index in [4.69, 9.17) is 17.3 Å². The molecule has 1 heterocycles. The van der Waals surface area contributed by atoms with Crippen molar-refractivity contribution in [3.63, 3.8) is 0 Å². The number of nitrogens with one attached hydrogen (secondary N) is 2. The lowest BCUT2D eigenvalue weighted by molar-refractivity contribution is 0.102. The van der Waals surface area contributed by atoms with Gasteiger partial charge in [0, 0.05) is 3.57 Å². The molecule has 0 radical (unpaired) electrons. The number of amides is 1. The molecule has 0 saturated heterocycles. The van der Waals surface area contributed by atoms with Gasteiger partial charge in [-0.15, -0.1) is 0 Å². The van der Waals surface area contributed by atoms with Crippen LogP contribution in [-0.2, 0) is 0 Å². The fourth-order valence-electron chi connectivity index (χ4n) is 1.75. The zero-order chi connectivity index (χ0) is 14.9. The number of carbonyl (C=O) groups excluding carboxylic acids is 1. The predicted molar refractivity (Wildman–Crippen MR) is 89.2 cm³/mol. The molecule has 20 heavy (non-hydrogen) atoms. The van der Waals surface area contributed by atoms with E-state index in [9.17, 15) is 4.79 Å². The van der Waals surface area contributed by atoms with Crippen molar-refractivity contribution in [2.45, 2.75) is 19.8 Å². The van der Waals surface area contributed by atoms with Gasteiger partial charge >= 0.3 is 0 Å². The summed E-state index contributed by atoms with van der Waals surface area (Å²) in [6.45, 7) is 3.95. The first-order valence-electron chi connectivity index (χ1n) is 6.00. The molecule has 1 aromatic heterocycles. The van der Waals surface area contributed by atoms with E-state index in [1.165, 1.54) is 0 Å². The second kappa shape index (κ2) is 6.01. The lowest BCUT2D eigenvalue weighted by Gasteiger charge is -2.07. The number of benzene rings is 1. The number of rotatable bonds is 3. The molecule has 0 atom stereocenters. The first-order valence-corrected chi connectivity index (χ1v) is 7.46. The number of aromatic amines is 1. The standard InChI is InChI=1S/C13H14ClIN4O/c1-6(2)11-10(16)12(19-18-11)13(20)17-9-4-3-7(15)5-8(9)14/h3-6H,16H2,1-2H3,(H,17,20)(H,18,19). The highest BCUT2D eigenvalue weighted by molar-refractivity contribution is 14.1. The topological polar surface area (TPSA) is 83.8 Å². The van der Waals surface area contributed by atoms with Gasteiger partial charge in [0.2, 0.25) is 0 Å². The minimum atomic E-state index is -0.381. The van der Waals surface area contributed by atoms with Crippen molar-refractivity contribution in [2.75, 3.05) is 11.1 Å². The van der Waals surface area contributed by atoms with Crippen molar-refractivity contribution in [1.82, 2.24) is 10.2 Å². The molecule has 0 aliphatic rings. The normalized spacial score (nSPS) is 10.8. The SMILES string of the molecule is CC(C)c1[nH]nc(C(=O)Nc2ccc(I)cc2Cl)c1N. The number of H-pyrrole nitrogens is 1. The van der Waals surface area contributed by atoms with E-state index >= 15 is 0 Å². The van der Waals surface area contributed by atoms with Crippen molar-refractivity contribution in [1.29, 1.82) is 0 Å². The van der Waals surface area contributed by atoms with Crippen LogP contribution in [0.2, 0.25) is 5.02 Å². The Labute approximate surface area is 135 Å². The number of hydrogen-bond donors (Lipinski definition) is 3. The van der Waals surface area contributed by atoms with Crippen LogP contribution >= 0.6 is 34.2 Å². The minimum Gasteiger partial charge on any atom is -0.395 e. The van der Waals surface area contributed by atoms with E-state index in [-0.39, 0.29) is 17.5 Å². The maximum atomic E-state index is 12.2. The molecule has 0 aliphatic carbocycles. The molecular weight excluding hydrogens is 391 g/mol. The number of aromatic nitrogens is 2. The van der Waals surface area contributed by atoms with Crippen molar-refractivity contribution < 1.29 is 4.79 Å². The summed E-state index contributed by atoms with van der Waals surface area (Å²) in [5.74, 6) is -0.209. The average Bonchev–Trinajstić information content (AvgIpc) is 2.74. The summed E-state index contributed by atoms with van der Waals surface area (Å²) in [7, 11) is 0. The molecule has 4 N–H and O–H groups in total. The van der Waals surface area contributed by atoms with Gasteiger partial charge in [-0.05, 0) is 46.7 Å². The highest BCUT2D eigenvalue weighted by atomic mass is 127. The lowest BCUT2D eigenvalue weighted by atomic mass is 10.1. The maximum Gasteiger partial charge on any atom is 0.278 e. The van der Waals surface area contributed by atoms with Crippen molar-refractivity contribution in [2.24, 2.45) is 0 Å². The predicted octanol–water partition coefficient (Wildman–Crippen LogP) is 3.63. The Balaban J connectivity index is 2.24. The van der Waals surface area contributed by atoms with Crippen LogP contribution in [0, 0.1) is 3.57 Å². The third kappa shape index (κ3) is 3.06. The summed E-state index contributed by atoms with van der Waals surface area (Å²) in [5.41, 5.74) is 7.78. The van der Waals surface area contributed by atoms with E-state index < -0.39 is 0 Å². The van der Waals surface area contributed by atoms with Gasteiger partial charge < -0.3 is 11.1 Å². The fraction of sp³-hybridized carbons (Fsp3) is 0.231. The summed E-state index contributed by atoms with van der Waals surface area (Å²) in [6, 6.07) is 5.37. The van der Waals surface area contributed by atoms with Crippen LogP contribution in [0.15, 0.2) is 18.2 Å². The van der Waals surface area contributed by atoms with E-state index in [0.29, 0.717) is 16.4 Å². The zero-order valence-electron chi connectivity index (χ0n) is 11.0. The van der Waals surface area contributed by atoms with Crippen LogP contribution < -0.4 is 11.1 Å². The van der Waals surface area contributed by atoms with Gasteiger partial charge in [-0.1, -0.05) is 25.4 Å². The molecule has 2 aromatic rings. The summed E-state index contributed by atoms with van der Waals surface area (Å²) >= 11 is 8.23. The van der Waals surface area contributed by atoms with Crippen molar-refractivity contribution in [3.05, 3.63) is 38.2 Å². The lowest BCUT2D eigenvalue weighted by Crippen LogP contribution is -2.14. The molecule has 5 nitrogen and oxygen atoms in total. The molecule has 1 amide bonds. The molecule has 106 valence electrons. The highest BCUT2D eigenvalue weighted by Gasteiger charge is 2.19. The second-order valence-corrected chi connectivity index (χ2v) is 6.29. The Morgan fingerprint density at radius 3 is 2.75 bits per heavy atom. The Hall–Kier alpha value is -1.28. The van der Waals surface area contributed by atoms with Crippen molar-refractivity contribution >= 4 is 51.5 Å². The van der Waals surface area contributed by atoms with Crippen LogP contribution in [-0.4, -0.2) is 16.1 Å². The van der Waals surface area contributed by atoms with Crippen LogP contribution in [0.3, 0.4) is 0 Å². The minimum absolute atomic E-state index is 0.172. The molecule has 0 spiro atoms. The maximum absolute atomic E-state index is 12.2. The molecule has 0 fully saturated rings. The molecule has 7 heteroatoms. The monoisotopic (exact) mass is 404 g/mol. The van der Waals surface area contributed by atoms with Crippen LogP contribution in [0.1, 0.15) is 35.9 Å². The van der Waals surface area contributed by atoms with Gasteiger partial charge in [-0.25, -0.2) is 0 Å².